The maximum absolute atomic E-state index is 12.8. The molecule has 7 nitrogen and oxygen atoms in total. The Morgan fingerprint density at radius 1 is 1.28 bits per heavy atom. The Labute approximate surface area is 173 Å². The minimum atomic E-state index is -3.76. The average Bonchev–Trinajstić information content (AvgIpc) is 3.15. The summed E-state index contributed by atoms with van der Waals surface area (Å²) in [5.74, 6) is -0.184. The second kappa shape index (κ2) is 8.71. The molecule has 5 unspecified atom stereocenters. The van der Waals surface area contributed by atoms with Gasteiger partial charge in [-0.25, -0.2) is 0 Å². The first-order chi connectivity index (χ1) is 13.6. The van der Waals surface area contributed by atoms with Crippen LogP contribution in [0.25, 0.3) is 0 Å². The number of amides is 1. The molecule has 1 amide bonds. The first-order valence-electron chi connectivity index (χ1n) is 10.1. The van der Waals surface area contributed by atoms with Gasteiger partial charge >= 0.3 is 0 Å². The summed E-state index contributed by atoms with van der Waals surface area (Å²) < 4.78 is 41.4. The van der Waals surface area contributed by atoms with Gasteiger partial charge in [0.2, 0.25) is 0 Å². The molecule has 2 fully saturated rings. The molecule has 29 heavy (non-hydrogen) atoms. The van der Waals surface area contributed by atoms with Crippen molar-refractivity contribution in [1.82, 2.24) is 5.32 Å². The number of ether oxygens (including phenoxy) is 2. The van der Waals surface area contributed by atoms with Gasteiger partial charge in [-0.2, -0.15) is 8.42 Å². The van der Waals surface area contributed by atoms with Crippen LogP contribution in [0.4, 0.5) is 0 Å². The molecule has 3 rings (SSSR count). The lowest BCUT2D eigenvalue weighted by atomic mass is 9.87. The van der Waals surface area contributed by atoms with Crippen LogP contribution >= 0.6 is 0 Å². The zero-order valence-corrected chi connectivity index (χ0v) is 18.3. The second-order valence-corrected chi connectivity index (χ2v) is 10.3. The normalized spacial score (nSPS) is 31.7. The molecule has 8 heteroatoms. The van der Waals surface area contributed by atoms with Gasteiger partial charge in [-0.1, -0.05) is 32.0 Å². The van der Waals surface area contributed by atoms with Gasteiger partial charge in [0.05, 0.1) is 12.4 Å². The Balaban J connectivity index is 1.87. The molecule has 1 saturated carbocycles. The minimum Gasteiger partial charge on any atom is -0.351 e. The third-order valence-electron chi connectivity index (χ3n) is 5.68. The maximum atomic E-state index is 12.8. The maximum Gasteiger partial charge on any atom is 0.264 e. The third-order valence-corrected chi connectivity index (χ3v) is 6.26. The highest BCUT2D eigenvalue weighted by Crippen LogP contribution is 2.46. The molecule has 162 valence electrons. The number of nitrogens with one attached hydrogen (secondary N) is 1. The lowest BCUT2D eigenvalue weighted by Crippen LogP contribution is -2.50. The Morgan fingerprint density at radius 2 is 1.97 bits per heavy atom. The molecular formula is C21H31NO6S. The van der Waals surface area contributed by atoms with Crippen molar-refractivity contribution >= 4 is 16.0 Å². The van der Waals surface area contributed by atoms with Crippen LogP contribution in [0.15, 0.2) is 30.3 Å². The standard InChI is InChI=1S/C21H31NO6S/c1-5-26-20-16(22-19(23)14-9-7-6-8-10-14)18(28-29(4,24)25)17(27-20)15-11-12-21(2,3)13-15/h6-10,15-18,20H,5,11-13H2,1-4H3,(H,22,23). The fraction of sp³-hybridized carbons (Fsp3) is 0.667. The summed E-state index contributed by atoms with van der Waals surface area (Å²) in [6, 6.07) is 8.04. The van der Waals surface area contributed by atoms with E-state index < -0.39 is 34.7 Å². The van der Waals surface area contributed by atoms with E-state index in [0.29, 0.717) is 12.2 Å². The van der Waals surface area contributed by atoms with Crippen molar-refractivity contribution in [2.75, 3.05) is 12.9 Å². The summed E-state index contributed by atoms with van der Waals surface area (Å²) >= 11 is 0. The van der Waals surface area contributed by atoms with Crippen LogP contribution in [0.1, 0.15) is 50.4 Å². The second-order valence-electron chi connectivity index (χ2n) is 8.72. The van der Waals surface area contributed by atoms with Crippen LogP contribution in [-0.4, -0.2) is 51.7 Å². The van der Waals surface area contributed by atoms with Crippen molar-refractivity contribution in [3.05, 3.63) is 35.9 Å². The van der Waals surface area contributed by atoms with E-state index in [9.17, 15) is 13.2 Å². The van der Waals surface area contributed by atoms with Gasteiger partial charge in [0.1, 0.15) is 12.1 Å². The summed E-state index contributed by atoms with van der Waals surface area (Å²) in [5, 5.41) is 2.90. The zero-order valence-electron chi connectivity index (χ0n) is 17.5. The van der Waals surface area contributed by atoms with Crippen LogP contribution in [0.2, 0.25) is 0 Å². The molecule has 1 aromatic carbocycles. The first-order valence-corrected chi connectivity index (χ1v) is 11.9. The lowest BCUT2D eigenvalue weighted by molar-refractivity contribution is -0.148. The summed E-state index contributed by atoms with van der Waals surface area (Å²) in [6.07, 6.45) is 1.79. The van der Waals surface area contributed by atoms with Gasteiger partial charge in [0.25, 0.3) is 16.0 Å². The SMILES string of the molecule is CCOC1OC(C2CCC(C)(C)C2)C(OS(C)(=O)=O)C1NC(=O)c1ccccc1. The molecule has 0 aromatic heterocycles. The quantitative estimate of drug-likeness (QED) is 0.676. The molecule has 0 radical (unpaired) electrons. The van der Waals surface area contributed by atoms with Crippen molar-refractivity contribution in [2.45, 2.75) is 64.6 Å². The van der Waals surface area contributed by atoms with Crippen molar-refractivity contribution < 1.29 is 26.9 Å². The largest absolute Gasteiger partial charge is 0.351 e. The number of hydrogen-bond acceptors (Lipinski definition) is 6. The molecule has 1 saturated heterocycles. The van der Waals surface area contributed by atoms with E-state index >= 15 is 0 Å². The zero-order chi connectivity index (χ0) is 21.2. The first kappa shape index (κ1) is 22.2. The van der Waals surface area contributed by atoms with Gasteiger partial charge in [-0.3, -0.25) is 8.98 Å². The monoisotopic (exact) mass is 425 g/mol. The predicted molar refractivity (Wildman–Crippen MR) is 109 cm³/mol. The predicted octanol–water partition coefficient (Wildman–Crippen LogP) is 2.72. The molecule has 2 aliphatic rings. The minimum absolute atomic E-state index is 0.137. The van der Waals surface area contributed by atoms with E-state index in [1.54, 1.807) is 24.3 Å². The van der Waals surface area contributed by atoms with Crippen LogP contribution in [-0.2, 0) is 23.8 Å². The highest BCUT2D eigenvalue weighted by Gasteiger charge is 2.53. The highest BCUT2D eigenvalue weighted by atomic mass is 32.2. The van der Waals surface area contributed by atoms with Crippen molar-refractivity contribution in [3.8, 4) is 0 Å². The Kier molecular flexibility index (Phi) is 6.67. The van der Waals surface area contributed by atoms with E-state index in [0.717, 1.165) is 25.5 Å². The van der Waals surface area contributed by atoms with Crippen LogP contribution < -0.4 is 5.32 Å². The number of benzene rings is 1. The number of rotatable bonds is 7. The van der Waals surface area contributed by atoms with Crippen molar-refractivity contribution in [2.24, 2.45) is 11.3 Å². The number of carbonyl (C=O) groups is 1. The fourth-order valence-electron chi connectivity index (χ4n) is 4.42. The summed E-state index contributed by atoms with van der Waals surface area (Å²) in [4.78, 5) is 12.8. The van der Waals surface area contributed by atoms with Crippen molar-refractivity contribution in [1.29, 1.82) is 0 Å². The molecule has 1 N–H and O–H groups in total. The Hall–Kier alpha value is -1.48. The van der Waals surface area contributed by atoms with Crippen LogP contribution in [0, 0.1) is 11.3 Å². The Bertz CT molecular complexity index is 810. The number of hydrogen-bond donors (Lipinski definition) is 1. The molecule has 1 aromatic rings. The topological polar surface area (TPSA) is 90.9 Å². The van der Waals surface area contributed by atoms with Crippen molar-refractivity contribution in [3.63, 3.8) is 0 Å². The van der Waals surface area contributed by atoms with Gasteiger partial charge in [0, 0.05) is 12.2 Å². The number of carbonyl (C=O) groups excluding carboxylic acids is 1. The smallest absolute Gasteiger partial charge is 0.264 e. The van der Waals surface area contributed by atoms with Gasteiger partial charge in [-0.05, 0) is 49.7 Å². The van der Waals surface area contributed by atoms with Crippen LogP contribution in [0.5, 0.6) is 0 Å². The van der Waals surface area contributed by atoms with E-state index in [1.165, 1.54) is 0 Å². The van der Waals surface area contributed by atoms with Gasteiger partial charge in [-0.15, -0.1) is 0 Å². The van der Waals surface area contributed by atoms with Crippen LogP contribution in [0.3, 0.4) is 0 Å². The molecular weight excluding hydrogens is 394 g/mol. The summed E-state index contributed by atoms with van der Waals surface area (Å²) in [6.45, 7) is 6.60. The molecule has 0 spiro atoms. The fourth-order valence-corrected chi connectivity index (χ4v) is 5.06. The van der Waals surface area contributed by atoms with E-state index in [1.807, 2.05) is 13.0 Å². The molecule has 1 aliphatic heterocycles. The van der Waals surface area contributed by atoms with Gasteiger partial charge in [0.15, 0.2) is 6.29 Å². The molecule has 1 aliphatic carbocycles. The molecule has 0 bridgehead atoms. The summed E-state index contributed by atoms with van der Waals surface area (Å²) in [5.41, 5.74) is 0.641. The van der Waals surface area contributed by atoms with Gasteiger partial charge < -0.3 is 14.8 Å². The lowest BCUT2D eigenvalue weighted by Gasteiger charge is -2.27. The average molecular weight is 426 g/mol. The van der Waals surface area contributed by atoms with E-state index in [2.05, 4.69) is 19.2 Å². The Morgan fingerprint density at radius 3 is 2.52 bits per heavy atom. The third kappa shape index (κ3) is 5.57. The molecule has 1 heterocycles. The highest BCUT2D eigenvalue weighted by molar-refractivity contribution is 7.86. The van der Waals surface area contributed by atoms with E-state index in [4.69, 9.17) is 13.7 Å². The summed E-state index contributed by atoms with van der Waals surface area (Å²) in [7, 11) is -3.76. The van der Waals surface area contributed by atoms with E-state index in [-0.39, 0.29) is 17.2 Å². The molecule has 5 atom stereocenters.